The number of nitrogens with one attached hydrogen (secondary N) is 1. The summed E-state index contributed by atoms with van der Waals surface area (Å²) in [7, 11) is 0. The van der Waals surface area contributed by atoms with E-state index in [1.807, 2.05) is 0 Å². The van der Waals surface area contributed by atoms with Crippen molar-refractivity contribution in [1.82, 2.24) is 30.2 Å². The molecular weight excluding hydrogens is 388 g/mol. The first-order valence-corrected chi connectivity index (χ1v) is 9.04. The predicted molar refractivity (Wildman–Crippen MR) is 103 cm³/mol. The number of carbonyl (C=O) groups excluding carboxylic acids is 3. The van der Waals surface area contributed by atoms with Crippen molar-refractivity contribution in [3.05, 3.63) is 83.7 Å². The van der Waals surface area contributed by atoms with Crippen LogP contribution in [0.4, 0.5) is 4.79 Å². The Morgan fingerprint density at radius 3 is 2.37 bits per heavy atom. The maximum atomic E-state index is 13.1. The van der Waals surface area contributed by atoms with Gasteiger partial charge in [-0.3, -0.25) is 14.4 Å². The van der Waals surface area contributed by atoms with Gasteiger partial charge in [0.05, 0.1) is 17.7 Å². The second-order valence-electron chi connectivity index (χ2n) is 6.53. The molecule has 148 valence electrons. The van der Waals surface area contributed by atoms with Gasteiger partial charge < -0.3 is 4.98 Å². The minimum Gasteiger partial charge on any atom is -0.363 e. The minimum atomic E-state index is -0.963. The second kappa shape index (κ2) is 6.85. The number of hydrazine groups is 1. The monoisotopic (exact) mass is 402 g/mol. The van der Waals surface area contributed by atoms with E-state index < -0.39 is 17.9 Å². The van der Waals surface area contributed by atoms with Gasteiger partial charge in [0.1, 0.15) is 11.0 Å². The van der Waals surface area contributed by atoms with Gasteiger partial charge in [0, 0.05) is 11.9 Å². The van der Waals surface area contributed by atoms with Gasteiger partial charge in [0.25, 0.3) is 11.8 Å². The Hall–Kier alpha value is -4.47. The van der Waals surface area contributed by atoms with Crippen LogP contribution in [0.1, 0.15) is 26.4 Å². The summed E-state index contributed by atoms with van der Waals surface area (Å²) in [6, 6.07) is 16.8. The molecule has 0 radical (unpaired) electrons. The van der Waals surface area contributed by atoms with E-state index in [9.17, 15) is 14.4 Å². The summed E-state index contributed by atoms with van der Waals surface area (Å²) in [5.74, 6) is -1.22. The number of carbonyl (C=O) groups is 3. The zero-order chi connectivity index (χ0) is 20.7. The number of amides is 3. The number of aromatic nitrogens is 4. The molecular formula is C20H14N6O4. The van der Waals surface area contributed by atoms with Crippen molar-refractivity contribution in [3.63, 3.8) is 0 Å². The molecule has 0 spiro atoms. The Morgan fingerprint density at radius 1 is 0.967 bits per heavy atom. The number of rotatable bonds is 4. The number of hydrogen-bond acceptors (Lipinski definition) is 6. The number of nitrogens with zero attached hydrogens (tertiary/aromatic N) is 5. The van der Waals surface area contributed by atoms with Crippen molar-refractivity contribution in [3.8, 4) is 0 Å². The Balaban J connectivity index is 1.50. The van der Waals surface area contributed by atoms with Crippen molar-refractivity contribution in [2.45, 2.75) is 6.54 Å². The summed E-state index contributed by atoms with van der Waals surface area (Å²) in [4.78, 5) is 48.1. The summed E-state index contributed by atoms with van der Waals surface area (Å²) in [5, 5.41) is 9.47. The van der Waals surface area contributed by atoms with Crippen LogP contribution in [0.5, 0.6) is 0 Å². The van der Waals surface area contributed by atoms with Crippen LogP contribution in [0, 0.1) is 0 Å². The van der Waals surface area contributed by atoms with Crippen molar-refractivity contribution in [2.24, 2.45) is 0 Å². The van der Waals surface area contributed by atoms with Gasteiger partial charge in [0.2, 0.25) is 0 Å². The molecule has 0 bridgehead atoms. The Bertz CT molecular complexity index is 1240. The van der Waals surface area contributed by atoms with E-state index in [-0.39, 0.29) is 17.7 Å². The summed E-state index contributed by atoms with van der Waals surface area (Å²) in [6.45, 7) is -0.0933. The maximum Gasteiger partial charge on any atom is 0.455 e. The van der Waals surface area contributed by atoms with Crippen LogP contribution in [0.3, 0.4) is 0 Å². The van der Waals surface area contributed by atoms with Gasteiger partial charge in [-0.15, -0.1) is 5.10 Å². The fraction of sp³-hybridized carbons (Fsp3) is 0.0500. The number of H-pyrrole nitrogens is 1. The quantitative estimate of drug-likeness (QED) is 0.413. The van der Waals surface area contributed by atoms with Crippen LogP contribution >= 0.6 is 0 Å². The lowest BCUT2D eigenvalue weighted by molar-refractivity contribution is -0.0109. The molecule has 10 heteroatoms. The number of fused-ring (bicyclic) bond motifs is 2. The lowest BCUT2D eigenvalue weighted by Gasteiger charge is -2.28. The summed E-state index contributed by atoms with van der Waals surface area (Å²) >= 11 is 0. The first-order valence-electron chi connectivity index (χ1n) is 9.04. The molecule has 1 N–H and O–H groups in total. The molecule has 30 heavy (non-hydrogen) atoms. The third-order valence-electron chi connectivity index (χ3n) is 4.69. The topological polar surface area (TPSA) is 113 Å². The van der Waals surface area contributed by atoms with Crippen molar-refractivity contribution in [2.75, 3.05) is 0 Å². The average molecular weight is 402 g/mol. The minimum absolute atomic E-state index is 0.0933. The number of aromatic amines is 1. The molecule has 2 aromatic carbocycles. The van der Waals surface area contributed by atoms with Gasteiger partial charge in [0.15, 0.2) is 0 Å². The van der Waals surface area contributed by atoms with Crippen molar-refractivity contribution < 1.29 is 19.2 Å². The van der Waals surface area contributed by atoms with E-state index in [1.165, 1.54) is 0 Å². The standard InChI is InChI=1S/C20H14N6O4/c27-18-14-7-1-2-8-15(14)19(28)25(18)24(12-13-6-5-11-21-13)20(29)30-26-17-10-4-3-9-16(17)22-23-26/h1-11,21H,12H2. The van der Waals surface area contributed by atoms with Gasteiger partial charge in [-0.25, -0.2) is 9.80 Å². The van der Waals surface area contributed by atoms with Gasteiger partial charge in [-0.2, -0.15) is 5.01 Å². The van der Waals surface area contributed by atoms with E-state index in [0.29, 0.717) is 16.7 Å². The van der Waals surface area contributed by atoms with E-state index >= 15 is 0 Å². The molecule has 0 aliphatic carbocycles. The molecule has 0 saturated heterocycles. The highest BCUT2D eigenvalue weighted by molar-refractivity contribution is 6.21. The van der Waals surface area contributed by atoms with Crippen LogP contribution in [0.15, 0.2) is 66.9 Å². The van der Waals surface area contributed by atoms with Gasteiger partial charge in [-0.05, 0) is 41.6 Å². The van der Waals surface area contributed by atoms with Crippen LogP contribution in [0.2, 0.25) is 0 Å². The molecule has 10 nitrogen and oxygen atoms in total. The smallest absolute Gasteiger partial charge is 0.363 e. The number of hydrogen-bond donors (Lipinski definition) is 1. The average Bonchev–Trinajstić information content (AvgIpc) is 3.48. The van der Waals surface area contributed by atoms with Gasteiger partial charge >= 0.3 is 6.09 Å². The Kier molecular flexibility index (Phi) is 4.02. The fourth-order valence-corrected chi connectivity index (χ4v) is 3.28. The van der Waals surface area contributed by atoms with E-state index in [1.54, 1.807) is 66.9 Å². The third-order valence-corrected chi connectivity index (χ3v) is 4.69. The molecule has 1 aliphatic rings. The number of benzene rings is 2. The highest BCUT2D eigenvalue weighted by Gasteiger charge is 2.42. The lowest BCUT2D eigenvalue weighted by atomic mass is 10.1. The summed E-state index contributed by atoms with van der Waals surface area (Å²) in [5.41, 5.74) is 2.04. The molecule has 3 amide bonds. The molecule has 0 saturated carbocycles. The zero-order valence-electron chi connectivity index (χ0n) is 15.4. The SMILES string of the molecule is O=C(On1nnc2ccccc21)N(Cc1ccc[nH]1)N1C(=O)c2ccccc2C1=O. The molecule has 3 heterocycles. The largest absolute Gasteiger partial charge is 0.455 e. The van der Waals surface area contributed by atoms with Crippen molar-refractivity contribution >= 4 is 28.9 Å². The molecule has 1 aliphatic heterocycles. The molecule has 4 aromatic rings. The first kappa shape index (κ1) is 17.6. The normalized spacial score (nSPS) is 13.0. The van der Waals surface area contributed by atoms with Crippen LogP contribution in [-0.2, 0) is 6.54 Å². The zero-order valence-corrected chi connectivity index (χ0v) is 15.4. The van der Waals surface area contributed by atoms with Gasteiger partial charge in [-0.1, -0.05) is 29.1 Å². The van der Waals surface area contributed by atoms with Crippen molar-refractivity contribution in [1.29, 1.82) is 0 Å². The van der Waals surface area contributed by atoms with Crippen LogP contribution in [0.25, 0.3) is 11.0 Å². The fourth-order valence-electron chi connectivity index (χ4n) is 3.28. The molecule has 0 atom stereocenters. The van der Waals surface area contributed by atoms with E-state index in [4.69, 9.17) is 4.84 Å². The molecule has 2 aromatic heterocycles. The number of para-hydroxylation sites is 1. The molecule has 0 unspecified atom stereocenters. The lowest BCUT2D eigenvalue weighted by Crippen LogP contribution is -2.51. The van der Waals surface area contributed by atoms with Crippen LogP contribution in [-0.4, -0.2) is 48.1 Å². The predicted octanol–water partition coefficient (Wildman–Crippen LogP) is 2.02. The van der Waals surface area contributed by atoms with Crippen LogP contribution < -0.4 is 4.84 Å². The highest BCUT2D eigenvalue weighted by atomic mass is 16.7. The Labute approximate surface area is 169 Å². The first-order chi connectivity index (χ1) is 14.6. The number of imide groups is 1. The second-order valence-corrected chi connectivity index (χ2v) is 6.53. The summed E-state index contributed by atoms with van der Waals surface area (Å²) < 4.78 is 0. The van der Waals surface area contributed by atoms with E-state index in [2.05, 4.69) is 15.3 Å². The third kappa shape index (κ3) is 2.78. The van der Waals surface area contributed by atoms with E-state index in [0.717, 1.165) is 14.9 Å². The molecule has 0 fully saturated rings. The maximum absolute atomic E-state index is 13.1. The molecule has 5 rings (SSSR count). The summed E-state index contributed by atoms with van der Waals surface area (Å²) in [6.07, 6.45) is 0.710. The highest BCUT2D eigenvalue weighted by Crippen LogP contribution is 2.25. The Morgan fingerprint density at radius 2 is 1.67 bits per heavy atom.